The van der Waals surface area contributed by atoms with Crippen molar-refractivity contribution >= 4 is 61.8 Å². The molecule has 0 aliphatic heterocycles. The fourth-order valence-corrected chi connectivity index (χ4v) is 2.87. The van der Waals surface area contributed by atoms with Gasteiger partial charge in [0, 0.05) is 9.86 Å². The summed E-state index contributed by atoms with van der Waals surface area (Å²) < 4.78 is 9.96. The molecule has 0 spiro atoms. The van der Waals surface area contributed by atoms with Gasteiger partial charge in [-0.2, -0.15) is 0 Å². The van der Waals surface area contributed by atoms with Crippen molar-refractivity contribution in [3.8, 4) is 0 Å². The van der Waals surface area contributed by atoms with Crippen molar-refractivity contribution < 1.29 is 28.7 Å². The Morgan fingerprint density at radius 3 is 1.96 bits per heavy atom. The van der Waals surface area contributed by atoms with Crippen molar-refractivity contribution in [2.75, 3.05) is 23.8 Å². The van der Waals surface area contributed by atoms with E-state index >= 15 is 0 Å². The molecule has 2 aromatic carbocycles. The molecule has 2 N–H and O–H groups in total. The first-order valence-electron chi connectivity index (χ1n) is 8.06. The first kappa shape index (κ1) is 20.4. The number of nitrogens with one attached hydrogen (secondary N) is 2. The van der Waals surface area contributed by atoms with Gasteiger partial charge in [0.1, 0.15) is 0 Å². The fraction of sp³-hybridized carbons (Fsp3) is 0.222. The van der Waals surface area contributed by atoms with Crippen molar-refractivity contribution in [3.63, 3.8) is 0 Å². The van der Waals surface area contributed by atoms with Gasteiger partial charge in [0.05, 0.1) is 24.6 Å². The van der Waals surface area contributed by atoms with Gasteiger partial charge in [-0.25, -0.2) is 9.59 Å². The number of benzene rings is 2. The minimum Gasteiger partial charge on any atom is -0.459 e. The maximum Gasteiger partial charge on any atom is 0.397 e. The number of hydrogen-bond acceptors (Lipinski definition) is 6. The summed E-state index contributed by atoms with van der Waals surface area (Å²) in [5.74, 6) is -4.14. The highest BCUT2D eigenvalue weighted by molar-refractivity contribution is 9.10. The molecule has 2 amide bonds. The Bertz CT molecular complexity index is 912. The topological polar surface area (TPSA) is 111 Å². The van der Waals surface area contributed by atoms with Crippen LogP contribution >= 0.6 is 15.9 Å². The molecule has 0 saturated carbocycles. The maximum absolute atomic E-state index is 12.1. The predicted molar refractivity (Wildman–Crippen MR) is 102 cm³/mol. The molecule has 9 heteroatoms. The summed E-state index contributed by atoms with van der Waals surface area (Å²) in [6, 6.07) is 8.52. The smallest absolute Gasteiger partial charge is 0.397 e. The molecule has 0 fully saturated rings. The van der Waals surface area contributed by atoms with E-state index in [9.17, 15) is 19.2 Å². The minimum atomic E-state index is -1.07. The number of carbonyl (C=O) groups excluding carboxylic acids is 4. The number of amides is 2. The normalized spacial score (nSPS) is 10.2. The fourth-order valence-electron chi connectivity index (χ4n) is 2.30. The van der Waals surface area contributed by atoms with Gasteiger partial charge >= 0.3 is 23.8 Å². The molecule has 0 heterocycles. The summed E-state index contributed by atoms with van der Waals surface area (Å²) in [6.07, 6.45) is 0. The molecule has 27 heavy (non-hydrogen) atoms. The lowest BCUT2D eigenvalue weighted by molar-refractivity contribution is -0.152. The standard InChI is InChI=1S/C18H17BrN2O6/c1-3-26-17(24)15(22)20-13-9-12(19)10-7-5-6-8-11(10)14(13)21-16(23)18(25)27-4-2/h5-9H,3-4H2,1-2H3,(H,20,22)(H,21,23). The van der Waals surface area contributed by atoms with E-state index in [0.717, 1.165) is 5.39 Å². The Kier molecular flexibility index (Phi) is 6.89. The molecular formula is C18H17BrN2O6. The third-order valence-corrected chi connectivity index (χ3v) is 4.06. The van der Waals surface area contributed by atoms with E-state index in [4.69, 9.17) is 0 Å². The molecule has 2 aromatic rings. The first-order chi connectivity index (χ1) is 12.9. The van der Waals surface area contributed by atoms with Gasteiger partial charge in [0.2, 0.25) is 0 Å². The van der Waals surface area contributed by atoms with E-state index in [0.29, 0.717) is 9.86 Å². The van der Waals surface area contributed by atoms with Gasteiger partial charge in [0.25, 0.3) is 0 Å². The molecule has 0 aliphatic carbocycles. The highest BCUT2D eigenvalue weighted by Crippen LogP contribution is 2.37. The summed E-state index contributed by atoms with van der Waals surface area (Å²) in [4.78, 5) is 47.4. The molecule has 0 radical (unpaired) electrons. The zero-order chi connectivity index (χ0) is 20.0. The van der Waals surface area contributed by atoms with Crippen LogP contribution in [-0.4, -0.2) is 37.0 Å². The summed E-state index contributed by atoms with van der Waals surface area (Å²) in [7, 11) is 0. The summed E-state index contributed by atoms with van der Waals surface area (Å²) in [5, 5.41) is 6.11. The van der Waals surface area contributed by atoms with Gasteiger partial charge in [-0.1, -0.05) is 40.2 Å². The maximum atomic E-state index is 12.1. The lowest BCUT2D eigenvalue weighted by Crippen LogP contribution is -2.28. The quantitative estimate of drug-likeness (QED) is 0.562. The third-order valence-electron chi connectivity index (χ3n) is 3.40. The molecule has 142 valence electrons. The van der Waals surface area contributed by atoms with E-state index in [2.05, 4.69) is 36.0 Å². The number of rotatable bonds is 4. The molecule has 0 aliphatic rings. The Balaban J connectivity index is 2.48. The Morgan fingerprint density at radius 2 is 1.41 bits per heavy atom. The average molecular weight is 437 g/mol. The third kappa shape index (κ3) is 4.82. The highest BCUT2D eigenvalue weighted by Gasteiger charge is 2.22. The Morgan fingerprint density at radius 1 is 0.889 bits per heavy atom. The molecule has 0 atom stereocenters. The van der Waals surface area contributed by atoms with Crippen molar-refractivity contribution in [1.29, 1.82) is 0 Å². The Labute approximate surface area is 163 Å². The number of ether oxygens (including phenoxy) is 2. The van der Waals surface area contributed by atoms with Crippen LogP contribution in [0.5, 0.6) is 0 Å². The van der Waals surface area contributed by atoms with E-state index in [1.54, 1.807) is 38.1 Å². The second-order valence-electron chi connectivity index (χ2n) is 5.18. The molecule has 0 unspecified atom stereocenters. The second kappa shape index (κ2) is 9.13. The largest absolute Gasteiger partial charge is 0.459 e. The van der Waals surface area contributed by atoms with E-state index in [1.165, 1.54) is 6.07 Å². The van der Waals surface area contributed by atoms with Gasteiger partial charge in [-0.15, -0.1) is 0 Å². The molecule has 0 saturated heterocycles. The average Bonchev–Trinajstić information content (AvgIpc) is 2.65. The predicted octanol–water partition coefficient (Wildman–Crippen LogP) is 2.61. The second-order valence-corrected chi connectivity index (χ2v) is 6.03. The van der Waals surface area contributed by atoms with E-state index in [-0.39, 0.29) is 24.6 Å². The number of hydrogen-bond donors (Lipinski definition) is 2. The lowest BCUT2D eigenvalue weighted by Gasteiger charge is -2.16. The van der Waals surface area contributed by atoms with Crippen molar-refractivity contribution in [2.45, 2.75) is 13.8 Å². The zero-order valence-corrected chi connectivity index (χ0v) is 16.2. The molecule has 2 rings (SSSR count). The van der Waals surface area contributed by atoms with E-state index < -0.39 is 23.8 Å². The van der Waals surface area contributed by atoms with Crippen LogP contribution in [0, 0.1) is 0 Å². The molecular weight excluding hydrogens is 420 g/mol. The summed E-state index contributed by atoms with van der Waals surface area (Å²) in [6.45, 7) is 3.23. The number of esters is 2. The van der Waals surface area contributed by atoms with Crippen LogP contribution in [0.1, 0.15) is 13.8 Å². The number of halogens is 1. The van der Waals surface area contributed by atoms with Gasteiger partial charge in [-0.05, 0) is 25.3 Å². The molecule has 0 aromatic heterocycles. The monoisotopic (exact) mass is 436 g/mol. The zero-order valence-electron chi connectivity index (χ0n) is 14.6. The lowest BCUT2D eigenvalue weighted by atomic mass is 10.1. The first-order valence-corrected chi connectivity index (χ1v) is 8.85. The van der Waals surface area contributed by atoms with Crippen LogP contribution in [0.2, 0.25) is 0 Å². The van der Waals surface area contributed by atoms with Crippen LogP contribution < -0.4 is 10.6 Å². The van der Waals surface area contributed by atoms with Gasteiger partial charge in [0.15, 0.2) is 0 Å². The van der Waals surface area contributed by atoms with Gasteiger partial charge < -0.3 is 20.1 Å². The van der Waals surface area contributed by atoms with Crippen LogP contribution in [-0.2, 0) is 28.7 Å². The van der Waals surface area contributed by atoms with Crippen LogP contribution in [0.3, 0.4) is 0 Å². The SMILES string of the molecule is CCOC(=O)C(=O)Nc1cc(Br)c2ccccc2c1NC(=O)C(=O)OCC. The summed E-state index contributed by atoms with van der Waals surface area (Å²) in [5.41, 5.74) is 0.278. The van der Waals surface area contributed by atoms with Gasteiger partial charge in [-0.3, -0.25) is 9.59 Å². The molecule has 0 bridgehead atoms. The molecule has 8 nitrogen and oxygen atoms in total. The number of carbonyl (C=O) groups is 4. The summed E-state index contributed by atoms with van der Waals surface area (Å²) >= 11 is 3.39. The van der Waals surface area contributed by atoms with Crippen LogP contribution in [0.4, 0.5) is 11.4 Å². The highest BCUT2D eigenvalue weighted by atomic mass is 79.9. The van der Waals surface area contributed by atoms with Crippen LogP contribution in [0.25, 0.3) is 10.8 Å². The Hall–Kier alpha value is -2.94. The number of fused-ring (bicyclic) bond motifs is 1. The van der Waals surface area contributed by atoms with Crippen molar-refractivity contribution in [2.24, 2.45) is 0 Å². The van der Waals surface area contributed by atoms with Crippen molar-refractivity contribution in [1.82, 2.24) is 0 Å². The van der Waals surface area contributed by atoms with Crippen molar-refractivity contribution in [3.05, 3.63) is 34.8 Å². The number of anilines is 2. The van der Waals surface area contributed by atoms with Crippen LogP contribution in [0.15, 0.2) is 34.8 Å². The minimum absolute atomic E-state index is 0.0415. The van der Waals surface area contributed by atoms with E-state index in [1.807, 2.05) is 0 Å².